The van der Waals surface area contributed by atoms with Crippen molar-refractivity contribution in [1.29, 1.82) is 0 Å². The monoisotopic (exact) mass is 490 g/mol. The van der Waals surface area contributed by atoms with Gasteiger partial charge in [0.2, 0.25) is 5.91 Å². The number of aryl methyl sites for hydroxylation is 1. The highest BCUT2D eigenvalue weighted by atomic mass is 79.9. The van der Waals surface area contributed by atoms with Crippen LogP contribution in [-0.4, -0.2) is 22.6 Å². The van der Waals surface area contributed by atoms with E-state index in [9.17, 15) is 9.59 Å². The van der Waals surface area contributed by atoms with E-state index >= 15 is 0 Å². The number of esters is 1. The number of ether oxygens (including phenoxy) is 1. The summed E-state index contributed by atoms with van der Waals surface area (Å²) in [5.41, 5.74) is 2.47. The second-order valence-electron chi connectivity index (χ2n) is 6.17. The average molecular weight is 491 g/mol. The Kier molecular flexibility index (Phi) is 7.46. The molecule has 2 aromatic carbocycles. The number of para-hydroxylation sites is 1. The summed E-state index contributed by atoms with van der Waals surface area (Å²) in [4.78, 5) is 31.2. The Bertz CT molecular complexity index is 1010. The lowest BCUT2D eigenvalue weighted by Gasteiger charge is -2.17. The highest BCUT2D eigenvalue weighted by molar-refractivity contribution is 9.10. The van der Waals surface area contributed by atoms with E-state index in [1.807, 2.05) is 55.5 Å². The number of carbonyl (C=O) groups is 2. The molecule has 1 aromatic heterocycles. The molecule has 0 fully saturated rings. The van der Waals surface area contributed by atoms with Crippen molar-refractivity contribution in [3.63, 3.8) is 0 Å². The number of aromatic nitrogens is 1. The van der Waals surface area contributed by atoms with Crippen molar-refractivity contribution >= 4 is 61.7 Å². The highest BCUT2D eigenvalue weighted by Crippen LogP contribution is 2.29. The largest absolute Gasteiger partial charge is 0.459 e. The highest BCUT2D eigenvalue weighted by Gasteiger charge is 2.18. The van der Waals surface area contributed by atoms with Gasteiger partial charge in [-0.25, -0.2) is 4.98 Å². The van der Waals surface area contributed by atoms with Crippen molar-refractivity contribution in [3.8, 4) is 0 Å². The summed E-state index contributed by atoms with van der Waals surface area (Å²) in [7, 11) is 0. The SMILES string of the molecule is CC(=O)N(c1ccccc1)c1nc(COC(=O)CSc2ccc(Br)cc2C)cs1. The van der Waals surface area contributed by atoms with Crippen molar-refractivity contribution in [3.05, 3.63) is 69.6 Å². The Morgan fingerprint density at radius 2 is 1.97 bits per heavy atom. The number of anilines is 2. The summed E-state index contributed by atoms with van der Waals surface area (Å²) in [6.07, 6.45) is 0. The number of halogens is 1. The number of carbonyl (C=O) groups excluding carboxylic acids is 2. The Hall–Kier alpha value is -2.16. The van der Waals surface area contributed by atoms with Crippen molar-refractivity contribution in [2.75, 3.05) is 10.7 Å². The third-order valence-electron chi connectivity index (χ3n) is 3.92. The van der Waals surface area contributed by atoms with E-state index in [0.29, 0.717) is 10.8 Å². The minimum atomic E-state index is -0.307. The molecular formula is C21H19BrN2O3S2. The van der Waals surface area contributed by atoms with Crippen LogP contribution in [0.2, 0.25) is 0 Å². The van der Waals surface area contributed by atoms with Gasteiger partial charge in [0.25, 0.3) is 0 Å². The summed E-state index contributed by atoms with van der Waals surface area (Å²) in [6, 6.07) is 15.3. The second-order valence-corrected chi connectivity index (χ2v) is 8.94. The Labute approximate surface area is 186 Å². The van der Waals surface area contributed by atoms with Crippen LogP contribution in [0.4, 0.5) is 10.8 Å². The molecule has 3 aromatic rings. The molecule has 29 heavy (non-hydrogen) atoms. The summed E-state index contributed by atoms with van der Waals surface area (Å²) in [6.45, 7) is 3.58. The average Bonchev–Trinajstić information content (AvgIpc) is 3.15. The lowest BCUT2D eigenvalue weighted by molar-refractivity contribution is -0.141. The van der Waals surface area contributed by atoms with E-state index < -0.39 is 0 Å². The normalized spacial score (nSPS) is 10.6. The summed E-state index contributed by atoms with van der Waals surface area (Å²) >= 11 is 6.21. The molecule has 0 aliphatic carbocycles. The van der Waals surface area contributed by atoms with Gasteiger partial charge in [-0.15, -0.1) is 23.1 Å². The molecule has 0 aliphatic heterocycles. The molecule has 5 nitrogen and oxygen atoms in total. The molecule has 0 bridgehead atoms. The number of hydrogen-bond acceptors (Lipinski definition) is 6. The fraction of sp³-hybridized carbons (Fsp3) is 0.190. The molecule has 0 saturated heterocycles. The van der Waals surface area contributed by atoms with Crippen LogP contribution in [0.3, 0.4) is 0 Å². The van der Waals surface area contributed by atoms with Crippen molar-refractivity contribution in [2.24, 2.45) is 0 Å². The van der Waals surface area contributed by atoms with Gasteiger partial charge >= 0.3 is 5.97 Å². The summed E-state index contributed by atoms with van der Waals surface area (Å²) in [5, 5.41) is 2.35. The minimum absolute atomic E-state index is 0.0791. The van der Waals surface area contributed by atoms with Gasteiger partial charge in [-0.1, -0.05) is 34.1 Å². The molecule has 0 spiro atoms. The fourth-order valence-corrected chi connectivity index (χ4v) is 4.73. The maximum atomic E-state index is 12.1. The van der Waals surface area contributed by atoms with E-state index in [-0.39, 0.29) is 24.2 Å². The minimum Gasteiger partial charge on any atom is -0.459 e. The van der Waals surface area contributed by atoms with Crippen LogP contribution >= 0.6 is 39.0 Å². The smallest absolute Gasteiger partial charge is 0.316 e. The lowest BCUT2D eigenvalue weighted by atomic mass is 10.2. The Morgan fingerprint density at radius 3 is 2.66 bits per heavy atom. The first-order valence-corrected chi connectivity index (χ1v) is 11.4. The van der Waals surface area contributed by atoms with Gasteiger partial charge < -0.3 is 4.74 Å². The molecule has 1 heterocycles. The molecule has 0 saturated carbocycles. The number of benzene rings is 2. The van der Waals surface area contributed by atoms with Crippen LogP contribution in [0.25, 0.3) is 0 Å². The van der Waals surface area contributed by atoms with Crippen molar-refractivity contribution in [2.45, 2.75) is 25.3 Å². The zero-order chi connectivity index (χ0) is 20.8. The number of amides is 1. The molecule has 8 heteroatoms. The van der Waals surface area contributed by atoms with Crippen LogP contribution in [0.1, 0.15) is 18.2 Å². The lowest BCUT2D eigenvalue weighted by Crippen LogP contribution is -2.22. The Morgan fingerprint density at radius 1 is 1.21 bits per heavy atom. The first-order chi connectivity index (χ1) is 13.9. The number of hydrogen-bond donors (Lipinski definition) is 0. The van der Waals surface area contributed by atoms with E-state index in [1.54, 1.807) is 10.3 Å². The van der Waals surface area contributed by atoms with Gasteiger partial charge in [0.15, 0.2) is 5.13 Å². The van der Waals surface area contributed by atoms with Gasteiger partial charge in [0.1, 0.15) is 6.61 Å². The number of nitrogens with zero attached hydrogens (tertiary/aromatic N) is 2. The van der Waals surface area contributed by atoms with Gasteiger partial charge in [0, 0.05) is 21.7 Å². The van der Waals surface area contributed by atoms with Gasteiger partial charge in [-0.05, 0) is 42.8 Å². The van der Waals surface area contributed by atoms with Crippen LogP contribution in [-0.2, 0) is 20.9 Å². The van der Waals surface area contributed by atoms with Crippen molar-refractivity contribution < 1.29 is 14.3 Å². The zero-order valence-corrected chi connectivity index (χ0v) is 19.1. The molecule has 0 radical (unpaired) electrons. The van der Waals surface area contributed by atoms with Crippen LogP contribution in [0, 0.1) is 6.92 Å². The van der Waals surface area contributed by atoms with Crippen LogP contribution < -0.4 is 4.90 Å². The molecular weight excluding hydrogens is 472 g/mol. The van der Waals surface area contributed by atoms with Gasteiger partial charge in [-0.3, -0.25) is 14.5 Å². The van der Waals surface area contributed by atoms with E-state index in [4.69, 9.17) is 4.74 Å². The fourth-order valence-electron chi connectivity index (χ4n) is 2.58. The molecule has 150 valence electrons. The summed E-state index contributed by atoms with van der Waals surface area (Å²) in [5.74, 6) is -0.211. The van der Waals surface area contributed by atoms with E-state index in [2.05, 4.69) is 20.9 Å². The predicted octanol–water partition coefficient (Wildman–Crippen LogP) is 5.73. The van der Waals surface area contributed by atoms with E-state index in [1.165, 1.54) is 30.0 Å². The standard InChI is InChI=1S/C21H19BrN2O3S2/c1-14-10-16(22)8-9-19(14)28-13-20(26)27-11-17-12-29-21(23-17)24(15(2)25)18-6-4-3-5-7-18/h3-10,12H,11,13H2,1-2H3. The molecule has 1 amide bonds. The first-order valence-electron chi connectivity index (χ1n) is 8.79. The predicted molar refractivity (Wildman–Crippen MR) is 121 cm³/mol. The topological polar surface area (TPSA) is 59.5 Å². The third-order valence-corrected chi connectivity index (χ3v) is 6.44. The Balaban J connectivity index is 1.57. The van der Waals surface area contributed by atoms with Crippen LogP contribution in [0.15, 0.2) is 63.3 Å². The zero-order valence-electron chi connectivity index (χ0n) is 15.9. The first kappa shape index (κ1) is 21.5. The maximum Gasteiger partial charge on any atom is 0.316 e. The molecule has 0 atom stereocenters. The quantitative estimate of drug-likeness (QED) is 0.312. The van der Waals surface area contributed by atoms with Gasteiger partial charge in [-0.2, -0.15) is 0 Å². The molecule has 0 aliphatic rings. The maximum absolute atomic E-state index is 12.1. The van der Waals surface area contributed by atoms with E-state index in [0.717, 1.165) is 20.6 Å². The molecule has 0 unspecified atom stereocenters. The van der Waals surface area contributed by atoms with Gasteiger partial charge in [0.05, 0.1) is 17.1 Å². The summed E-state index contributed by atoms with van der Waals surface area (Å²) < 4.78 is 6.35. The number of thioether (sulfide) groups is 1. The number of thiazole rings is 1. The van der Waals surface area contributed by atoms with Crippen molar-refractivity contribution in [1.82, 2.24) is 4.98 Å². The second kappa shape index (κ2) is 10.0. The number of rotatable bonds is 7. The molecule has 0 N–H and O–H groups in total. The molecule has 3 rings (SSSR count). The third kappa shape index (κ3) is 5.91. The van der Waals surface area contributed by atoms with Crippen LogP contribution in [0.5, 0.6) is 0 Å².